The lowest BCUT2D eigenvalue weighted by atomic mass is 10.2. The van der Waals surface area contributed by atoms with Crippen molar-refractivity contribution in [2.24, 2.45) is 0 Å². The molecule has 2 aromatic heterocycles. The van der Waals surface area contributed by atoms with Gasteiger partial charge in [0.05, 0.1) is 0 Å². The summed E-state index contributed by atoms with van der Waals surface area (Å²) in [5.74, 6) is -0.0489. The Morgan fingerprint density at radius 3 is 3.17 bits per heavy atom. The van der Waals surface area contributed by atoms with Crippen molar-refractivity contribution in [2.75, 3.05) is 18.0 Å². The van der Waals surface area contributed by atoms with Crippen LogP contribution < -0.4 is 10.2 Å². The summed E-state index contributed by atoms with van der Waals surface area (Å²) in [6.45, 7) is 1.66. The molecule has 23 heavy (non-hydrogen) atoms. The van der Waals surface area contributed by atoms with Crippen LogP contribution in [0.5, 0.6) is 0 Å². The molecule has 1 amide bonds. The lowest BCUT2D eigenvalue weighted by Crippen LogP contribution is -2.40. The molecular weight excluding hydrogens is 308 g/mol. The van der Waals surface area contributed by atoms with Crippen LogP contribution in [0.2, 0.25) is 0 Å². The first-order chi connectivity index (χ1) is 11.3. The van der Waals surface area contributed by atoms with Gasteiger partial charge in [-0.2, -0.15) is 0 Å². The molecule has 1 aromatic carbocycles. The van der Waals surface area contributed by atoms with E-state index in [-0.39, 0.29) is 5.91 Å². The fourth-order valence-corrected chi connectivity index (χ4v) is 3.90. The molecule has 3 aromatic rings. The first-order valence-electron chi connectivity index (χ1n) is 7.83. The molecule has 0 saturated carbocycles. The van der Waals surface area contributed by atoms with Crippen molar-refractivity contribution in [3.05, 3.63) is 47.6 Å². The predicted octanol–water partition coefficient (Wildman–Crippen LogP) is 3.02. The molecule has 2 N–H and O–H groups in total. The molecule has 0 spiro atoms. The van der Waals surface area contributed by atoms with Crippen LogP contribution in [0.25, 0.3) is 10.9 Å². The number of thiazole rings is 1. The van der Waals surface area contributed by atoms with Crippen LogP contribution in [0.15, 0.2) is 41.9 Å². The topological polar surface area (TPSA) is 61.0 Å². The fraction of sp³-hybridized carbons (Fsp3) is 0.294. The number of hydrogen-bond donors (Lipinski definition) is 2. The van der Waals surface area contributed by atoms with Gasteiger partial charge in [-0.25, -0.2) is 4.98 Å². The lowest BCUT2D eigenvalue weighted by molar-refractivity contribution is 0.0947. The number of H-pyrrole nitrogens is 1. The third kappa shape index (κ3) is 2.82. The zero-order valence-corrected chi connectivity index (χ0v) is 13.5. The molecule has 0 radical (unpaired) electrons. The van der Waals surface area contributed by atoms with Crippen LogP contribution in [-0.2, 0) is 0 Å². The van der Waals surface area contributed by atoms with E-state index in [0.717, 1.165) is 35.4 Å². The zero-order valence-electron chi connectivity index (χ0n) is 12.7. The smallest absolute Gasteiger partial charge is 0.267 e. The number of amides is 1. The maximum atomic E-state index is 12.4. The summed E-state index contributed by atoms with van der Waals surface area (Å²) >= 11 is 1.65. The molecule has 1 atom stereocenters. The molecule has 1 aliphatic rings. The average molecular weight is 326 g/mol. The maximum absolute atomic E-state index is 12.4. The Bertz CT molecular complexity index is 778. The highest BCUT2D eigenvalue weighted by Gasteiger charge is 2.26. The van der Waals surface area contributed by atoms with E-state index in [2.05, 4.69) is 20.2 Å². The maximum Gasteiger partial charge on any atom is 0.267 e. The molecule has 1 aliphatic heterocycles. The molecule has 0 aliphatic carbocycles. The number of nitrogens with zero attached hydrogens (tertiary/aromatic N) is 2. The average Bonchev–Trinajstić information content (AvgIpc) is 3.30. The van der Waals surface area contributed by atoms with Gasteiger partial charge < -0.3 is 15.2 Å². The van der Waals surface area contributed by atoms with Gasteiger partial charge in [0.2, 0.25) is 0 Å². The monoisotopic (exact) mass is 326 g/mol. The molecule has 4 rings (SSSR count). The van der Waals surface area contributed by atoms with Gasteiger partial charge in [-0.1, -0.05) is 18.2 Å². The summed E-state index contributed by atoms with van der Waals surface area (Å²) in [4.78, 5) is 22.3. The summed E-state index contributed by atoms with van der Waals surface area (Å²) in [6, 6.07) is 10.1. The molecule has 3 heterocycles. The SMILES string of the molecule is O=C(NCC1CCCN1c1nccs1)c1cc2ccccc2[nH]1. The summed E-state index contributed by atoms with van der Waals surface area (Å²) in [6.07, 6.45) is 4.07. The van der Waals surface area contributed by atoms with Crippen LogP contribution in [0.3, 0.4) is 0 Å². The van der Waals surface area contributed by atoms with Crippen molar-refractivity contribution in [1.82, 2.24) is 15.3 Å². The minimum absolute atomic E-state index is 0.0489. The number of hydrogen-bond acceptors (Lipinski definition) is 4. The second kappa shape index (κ2) is 6.04. The number of carbonyl (C=O) groups excluding carboxylic acids is 1. The molecule has 6 heteroatoms. The highest BCUT2D eigenvalue weighted by Crippen LogP contribution is 2.26. The minimum atomic E-state index is -0.0489. The van der Waals surface area contributed by atoms with Crippen LogP contribution in [0, 0.1) is 0 Å². The first kappa shape index (κ1) is 14.3. The van der Waals surface area contributed by atoms with E-state index in [1.165, 1.54) is 0 Å². The van der Waals surface area contributed by atoms with E-state index in [1.54, 1.807) is 11.3 Å². The van der Waals surface area contributed by atoms with Crippen molar-refractivity contribution in [3.63, 3.8) is 0 Å². The second-order valence-corrected chi connectivity index (χ2v) is 6.66. The van der Waals surface area contributed by atoms with Crippen LogP contribution in [0.4, 0.5) is 5.13 Å². The van der Waals surface area contributed by atoms with Gasteiger partial charge in [0.25, 0.3) is 5.91 Å². The zero-order chi connectivity index (χ0) is 15.6. The Kier molecular flexibility index (Phi) is 3.75. The Morgan fingerprint density at radius 1 is 1.43 bits per heavy atom. The van der Waals surface area contributed by atoms with Gasteiger partial charge in [0, 0.05) is 41.6 Å². The molecule has 1 saturated heterocycles. The quantitative estimate of drug-likeness (QED) is 0.775. The number of fused-ring (bicyclic) bond motifs is 1. The summed E-state index contributed by atoms with van der Waals surface area (Å²) in [5, 5.41) is 7.16. The van der Waals surface area contributed by atoms with Crippen molar-refractivity contribution >= 4 is 33.3 Å². The lowest BCUT2D eigenvalue weighted by Gasteiger charge is -2.24. The normalized spacial score (nSPS) is 17.7. The van der Waals surface area contributed by atoms with Crippen molar-refractivity contribution in [3.8, 4) is 0 Å². The van der Waals surface area contributed by atoms with Gasteiger partial charge in [-0.15, -0.1) is 11.3 Å². The number of carbonyl (C=O) groups is 1. The molecule has 1 fully saturated rings. The van der Waals surface area contributed by atoms with E-state index in [0.29, 0.717) is 18.3 Å². The highest BCUT2D eigenvalue weighted by molar-refractivity contribution is 7.13. The Hall–Kier alpha value is -2.34. The molecule has 0 bridgehead atoms. The van der Waals surface area contributed by atoms with Crippen molar-refractivity contribution in [2.45, 2.75) is 18.9 Å². The van der Waals surface area contributed by atoms with E-state index < -0.39 is 0 Å². The molecular formula is C17H18N4OS. The van der Waals surface area contributed by atoms with E-state index in [4.69, 9.17) is 0 Å². The second-order valence-electron chi connectivity index (χ2n) is 5.78. The third-order valence-electron chi connectivity index (χ3n) is 4.31. The standard InChI is InChI=1S/C17H18N4OS/c22-16(15-10-12-4-1-2-6-14(12)20-15)19-11-13-5-3-8-21(13)17-18-7-9-23-17/h1-2,4,6-7,9-10,13,20H,3,5,8,11H2,(H,19,22). The van der Waals surface area contributed by atoms with Crippen LogP contribution in [-0.4, -0.2) is 35.0 Å². The van der Waals surface area contributed by atoms with Gasteiger partial charge in [-0.05, 0) is 25.0 Å². The molecule has 5 nitrogen and oxygen atoms in total. The molecule has 1 unspecified atom stereocenters. The number of nitrogens with one attached hydrogen (secondary N) is 2. The third-order valence-corrected chi connectivity index (χ3v) is 5.12. The van der Waals surface area contributed by atoms with E-state index >= 15 is 0 Å². The summed E-state index contributed by atoms with van der Waals surface area (Å²) in [5.41, 5.74) is 1.60. The first-order valence-corrected chi connectivity index (χ1v) is 8.71. The highest BCUT2D eigenvalue weighted by atomic mass is 32.1. The Morgan fingerprint density at radius 2 is 2.35 bits per heavy atom. The van der Waals surface area contributed by atoms with Gasteiger partial charge in [0.1, 0.15) is 5.69 Å². The minimum Gasteiger partial charge on any atom is -0.351 e. The van der Waals surface area contributed by atoms with E-state index in [9.17, 15) is 4.79 Å². The van der Waals surface area contributed by atoms with Gasteiger partial charge in [0.15, 0.2) is 5.13 Å². The van der Waals surface area contributed by atoms with Crippen molar-refractivity contribution in [1.29, 1.82) is 0 Å². The summed E-state index contributed by atoms with van der Waals surface area (Å²) < 4.78 is 0. The predicted molar refractivity (Wildman–Crippen MR) is 93.1 cm³/mol. The van der Waals surface area contributed by atoms with Gasteiger partial charge >= 0.3 is 0 Å². The van der Waals surface area contributed by atoms with Crippen LogP contribution >= 0.6 is 11.3 Å². The Balaban J connectivity index is 1.43. The number of aromatic amines is 1. The number of aromatic nitrogens is 2. The van der Waals surface area contributed by atoms with Crippen molar-refractivity contribution < 1.29 is 4.79 Å². The van der Waals surface area contributed by atoms with Crippen LogP contribution in [0.1, 0.15) is 23.3 Å². The van der Waals surface area contributed by atoms with E-state index in [1.807, 2.05) is 41.9 Å². The van der Waals surface area contributed by atoms with Gasteiger partial charge in [-0.3, -0.25) is 4.79 Å². The Labute approximate surface area is 138 Å². The summed E-state index contributed by atoms with van der Waals surface area (Å²) in [7, 11) is 0. The number of anilines is 1. The number of rotatable bonds is 4. The number of para-hydroxylation sites is 1. The largest absolute Gasteiger partial charge is 0.351 e. The number of benzene rings is 1. The molecule has 118 valence electrons. The fourth-order valence-electron chi connectivity index (χ4n) is 3.16.